The third kappa shape index (κ3) is 4.62. The standard InChI is InChI=1S/C17H32N2OS/c1-3-9-15-17(20)19(12-7-4-8-13-21-2)16(18-15)14-10-5-6-11-14/h14-16,18H,3-13H2,1-2H3. The Morgan fingerprint density at radius 2 is 2.00 bits per heavy atom. The van der Waals surface area contributed by atoms with Gasteiger partial charge in [-0.05, 0) is 50.0 Å². The first-order chi connectivity index (χ1) is 10.3. The van der Waals surface area contributed by atoms with Gasteiger partial charge in [-0.25, -0.2) is 0 Å². The average Bonchev–Trinajstić information content (AvgIpc) is 3.10. The summed E-state index contributed by atoms with van der Waals surface area (Å²) in [5.74, 6) is 2.32. The summed E-state index contributed by atoms with van der Waals surface area (Å²) in [4.78, 5) is 14.8. The van der Waals surface area contributed by atoms with Crippen molar-refractivity contribution in [1.82, 2.24) is 10.2 Å². The summed E-state index contributed by atoms with van der Waals surface area (Å²) < 4.78 is 0. The largest absolute Gasteiger partial charge is 0.326 e. The molecule has 1 saturated carbocycles. The lowest BCUT2D eigenvalue weighted by Gasteiger charge is -2.29. The monoisotopic (exact) mass is 312 g/mol. The van der Waals surface area contributed by atoms with E-state index < -0.39 is 0 Å². The Morgan fingerprint density at radius 3 is 2.67 bits per heavy atom. The second-order valence-corrected chi connectivity index (χ2v) is 7.57. The predicted molar refractivity (Wildman–Crippen MR) is 91.5 cm³/mol. The second kappa shape index (κ2) is 9.04. The molecule has 1 saturated heterocycles. The molecule has 122 valence electrons. The fraction of sp³-hybridized carbons (Fsp3) is 0.941. The number of amides is 1. The number of carbonyl (C=O) groups excluding carboxylic acids is 1. The van der Waals surface area contributed by atoms with Crippen LogP contribution in [-0.2, 0) is 4.79 Å². The fourth-order valence-corrected chi connectivity index (χ4v) is 4.31. The van der Waals surface area contributed by atoms with Crippen molar-refractivity contribution < 1.29 is 4.79 Å². The van der Waals surface area contributed by atoms with Gasteiger partial charge in [-0.15, -0.1) is 0 Å². The number of nitrogens with zero attached hydrogens (tertiary/aromatic N) is 1. The first-order valence-corrected chi connectivity index (χ1v) is 10.2. The van der Waals surface area contributed by atoms with Gasteiger partial charge in [0.05, 0.1) is 12.2 Å². The Hall–Kier alpha value is -0.220. The maximum absolute atomic E-state index is 12.6. The molecule has 3 nitrogen and oxygen atoms in total. The fourth-order valence-electron chi connectivity index (χ4n) is 3.82. The van der Waals surface area contributed by atoms with Gasteiger partial charge in [0.15, 0.2) is 0 Å². The quantitative estimate of drug-likeness (QED) is 0.660. The summed E-state index contributed by atoms with van der Waals surface area (Å²) in [6, 6.07) is 0.0896. The second-order valence-electron chi connectivity index (χ2n) is 6.58. The van der Waals surface area contributed by atoms with E-state index in [1.54, 1.807) is 0 Å². The molecule has 2 fully saturated rings. The Morgan fingerprint density at radius 1 is 1.24 bits per heavy atom. The number of thioether (sulfide) groups is 1. The van der Waals surface area contributed by atoms with Crippen LogP contribution in [0.15, 0.2) is 0 Å². The van der Waals surface area contributed by atoms with Gasteiger partial charge in [-0.3, -0.25) is 10.1 Å². The van der Waals surface area contributed by atoms with E-state index in [0.29, 0.717) is 18.0 Å². The third-order valence-corrected chi connectivity index (χ3v) is 5.66. The topological polar surface area (TPSA) is 32.3 Å². The van der Waals surface area contributed by atoms with Gasteiger partial charge in [0.2, 0.25) is 5.91 Å². The van der Waals surface area contributed by atoms with Gasteiger partial charge in [-0.2, -0.15) is 11.8 Å². The molecule has 1 aliphatic heterocycles. The molecule has 0 aromatic heterocycles. The highest BCUT2D eigenvalue weighted by atomic mass is 32.2. The SMILES string of the molecule is CCCC1NC(C2CCCC2)N(CCCCCSC)C1=O. The zero-order valence-electron chi connectivity index (χ0n) is 13.8. The lowest BCUT2D eigenvalue weighted by molar-refractivity contribution is -0.130. The van der Waals surface area contributed by atoms with Gasteiger partial charge in [0.25, 0.3) is 0 Å². The van der Waals surface area contributed by atoms with Crippen molar-refractivity contribution in [2.24, 2.45) is 5.92 Å². The van der Waals surface area contributed by atoms with Crippen molar-refractivity contribution >= 4 is 17.7 Å². The molecule has 0 aromatic carbocycles. The van der Waals surface area contributed by atoms with Gasteiger partial charge >= 0.3 is 0 Å². The summed E-state index contributed by atoms with van der Waals surface area (Å²) >= 11 is 1.92. The van der Waals surface area contributed by atoms with Crippen molar-refractivity contribution in [3.63, 3.8) is 0 Å². The molecule has 2 aliphatic rings. The van der Waals surface area contributed by atoms with Crippen molar-refractivity contribution in [3.8, 4) is 0 Å². The Labute approximate surface area is 134 Å². The van der Waals surface area contributed by atoms with E-state index in [-0.39, 0.29) is 6.04 Å². The van der Waals surface area contributed by atoms with Crippen molar-refractivity contribution in [3.05, 3.63) is 0 Å². The minimum Gasteiger partial charge on any atom is -0.326 e. The molecular formula is C17H32N2OS. The van der Waals surface area contributed by atoms with Gasteiger partial charge in [-0.1, -0.05) is 32.6 Å². The molecule has 1 amide bonds. The van der Waals surface area contributed by atoms with Gasteiger partial charge in [0, 0.05) is 6.54 Å². The zero-order valence-corrected chi connectivity index (χ0v) is 14.6. The van der Waals surface area contributed by atoms with E-state index in [1.165, 1.54) is 44.3 Å². The molecule has 1 heterocycles. The highest BCUT2D eigenvalue weighted by Gasteiger charge is 2.42. The highest BCUT2D eigenvalue weighted by Crippen LogP contribution is 2.32. The van der Waals surface area contributed by atoms with Crippen LogP contribution in [0.4, 0.5) is 0 Å². The van der Waals surface area contributed by atoms with Crippen LogP contribution in [0.25, 0.3) is 0 Å². The number of nitrogens with one attached hydrogen (secondary N) is 1. The Balaban J connectivity index is 1.87. The summed E-state index contributed by atoms with van der Waals surface area (Å²) in [7, 11) is 0. The lowest BCUT2D eigenvalue weighted by atomic mass is 10.0. The van der Waals surface area contributed by atoms with Crippen LogP contribution in [-0.4, -0.2) is 41.6 Å². The van der Waals surface area contributed by atoms with E-state index in [1.807, 2.05) is 11.8 Å². The molecule has 2 rings (SSSR count). The van der Waals surface area contributed by atoms with Crippen LogP contribution in [0, 0.1) is 5.92 Å². The van der Waals surface area contributed by atoms with Crippen LogP contribution in [0.1, 0.15) is 64.7 Å². The predicted octanol–water partition coefficient (Wildman–Crippen LogP) is 3.64. The minimum atomic E-state index is 0.0896. The molecule has 2 atom stereocenters. The van der Waals surface area contributed by atoms with Crippen LogP contribution >= 0.6 is 11.8 Å². The summed E-state index contributed by atoms with van der Waals surface area (Å²) in [5.41, 5.74) is 0. The molecule has 1 N–H and O–H groups in total. The van der Waals surface area contributed by atoms with E-state index in [2.05, 4.69) is 23.4 Å². The average molecular weight is 313 g/mol. The van der Waals surface area contributed by atoms with Gasteiger partial charge in [0.1, 0.15) is 0 Å². The van der Waals surface area contributed by atoms with E-state index in [4.69, 9.17) is 0 Å². The summed E-state index contributed by atoms with van der Waals surface area (Å²) in [6.07, 6.45) is 13.6. The first-order valence-electron chi connectivity index (χ1n) is 8.83. The first kappa shape index (κ1) is 17.1. The van der Waals surface area contributed by atoms with Crippen LogP contribution < -0.4 is 5.32 Å². The smallest absolute Gasteiger partial charge is 0.241 e. The number of hydrogen-bond acceptors (Lipinski definition) is 3. The van der Waals surface area contributed by atoms with Crippen molar-refractivity contribution in [2.45, 2.75) is 76.9 Å². The van der Waals surface area contributed by atoms with Gasteiger partial charge < -0.3 is 4.90 Å². The van der Waals surface area contributed by atoms with Crippen LogP contribution in [0.3, 0.4) is 0 Å². The number of unbranched alkanes of at least 4 members (excludes halogenated alkanes) is 2. The molecule has 0 aromatic rings. The van der Waals surface area contributed by atoms with Crippen LogP contribution in [0.2, 0.25) is 0 Å². The highest BCUT2D eigenvalue weighted by molar-refractivity contribution is 7.98. The van der Waals surface area contributed by atoms with Crippen molar-refractivity contribution in [1.29, 1.82) is 0 Å². The number of rotatable bonds is 9. The number of carbonyl (C=O) groups is 1. The Kier molecular flexibility index (Phi) is 7.38. The lowest BCUT2D eigenvalue weighted by Crippen LogP contribution is -2.43. The molecule has 21 heavy (non-hydrogen) atoms. The summed E-state index contributed by atoms with van der Waals surface area (Å²) in [6.45, 7) is 3.13. The number of hydrogen-bond donors (Lipinski definition) is 1. The van der Waals surface area contributed by atoms with Crippen molar-refractivity contribution in [2.75, 3.05) is 18.6 Å². The van der Waals surface area contributed by atoms with E-state index in [0.717, 1.165) is 25.8 Å². The molecule has 0 radical (unpaired) electrons. The van der Waals surface area contributed by atoms with E-state index in [9.17, 15) is 4.79 Å². The van der Waals surface area contributed by atoms with E-state index >= 15 is 0 Å². The molecule has 1 aliphatic carbocycles. The normalized spacial score (nSPS) is 27.0. The van der Waals surface area contributed by atoms with Crippen LogP contribution in [0.5, 0.6) is 0 Å². The maximum Gasteiger partial charge on any atom is 0.241 e. The molecule has 2 unspecified atom stereocenters. The summed E-state index contributed by atoms with van der Waals surface area (Å²) in [5, 5.41) is 3.66. The molecular weight excluding hydrogens is 280 g/mol. The minimum absolute atomic E-state index is 0.0896. The Bertz CT molecular complexity index is 318. The molecule has 0 bridgehead atoms. The third-order valence-electron chi connectivity index (χ3n) is 4.96. The zero-order chi connectivity index (χ0) is 15.1. The molecule has 0 spiro atoms. The maximum atomic E-state index is 12.6. The molecule has 4 heteroatoms.